The van der Waals surface area contributed by atoms with Crippen LogP contribution in [0, 0.1) is 0 Å². The molecule has 0 saturated heterocycles. The highest BCUT2D eigenvalue weighted by molar-refractivity contribution is 5.98. The van der Waals surface area contributed by atoms with E-state index in [9.17, 15) is 9.59 Å². The summed E-state index contributed by atoms with van der Waals surface area (Å²) in [5.74, 6) is -0.800. The van der Waals surface area contributed by atoms with Gasteiger partial charge in [-0.1, -0.05) is 48.5 Å². The fourth-order valence-electron chi connectivity index (χ4n) is 2.18. The molecule has 0 fully saturated rings. The number of rotatable bonds is 5. The van der Waals surface area contributed by atoms with E-state index in [0.717, 1.165) is 0 Å². The van der Waals surface area contributed by atoms with Crippen molar-refractivity contribution in [1.29, 1.82) is 0 Å². The topological polar surface area (TPSA) is 55.4 Å². The molecule has 0 saturated carbocycles. The maximum absolute atomic E-state index is 12.4. The van der Waals surface area contributed by atoms with Crippen LogP contribution in [-0.4, -0.2) is 18.5 Å². The minimum absolute atomic E-state index is 0.252. The third-order valence-electron chi connectivity index (χ3n) is 3.43. The van der Waals surface area contributed by atoms with Crippen molar-refractivity contribution in [1.82, 2.24) is 5.32 Å². The van der Waals surface area contributed by atoms with Crippen molar-refractivity contribution in [2.45, 2.75) is 19.4 Å². The van der Waals surface area contributed by atoms with E-state index in [-0.39, 0.29) is 12.5 Å². The first kappa shape index (κ1) is 15.8. The van der Waals surface area contributed by atoms with Crippen LogP contribution in [-0.2, 0) is 15.1 Å². The van der Waals surface area contributed by atoms with Crippen LogP contribution in [0.2, 0.25) is 0 Å². The monoisotopic (exact) mass is 297 g/mol. The van der Waals surface area contributed by atoms with Gasteiger partial charge in [0.05, 0.1) is 6.61 Å². The van der Waals surface area contributed by atoms with Crippen LogP contribution in [0.3, 0.4) is 0 Å². The minimum Gasteiger partial charge on any atom is -0.464 e. The van der Waals surface area contributed by atoms with E-state index in [0.29, 0.717) is 11.1 Å². The summed E-state index contributed by atoms with van der Waals surface area (Å²) < 4.78 is 5.14. The van der Waals surface area contributed by atoms with Gasteiger partial charge in [0.2, 0.25) is 0 Å². The van der Waals surface area contributed by atoms with Gasteiger partial charge in [0.25, 0.3) is 5.91 Å². The fraction of sp³-hybridized carbons (Fsp3) is 0.222. The van der Waals surface area contributed by atoms with Crippen molar-refractivity contribution in [3.8, 4) is 0 Å². The predicted octanol–water partition coefficient (Wildman–Crippen LogP) is 2.89. The number of carbonyl (C=O) groups is 2. The number of amides is 1. The average molecular weight is 297 g/mol. The van der Waals surface area contributed by atoms with Gasteiger partial charge in [0.15, 0.2) is 5.54 Å². The van der Waals surface area contributed by atoms with Gasteiger partial charge >= 0.3 is 5.97 Å². The summed E-state index contributed by atoms with van der Waals surface area (Å²) in [5.41, 5.74) is -0.0591. The first-order chi connectivity index (χ1) is 10.6. The van der Waals surface area contributed by atoms with Gasteiger partial charge in [-0.2, -0.15) is 0 Å². The van der Waals surface area contributed by atoms with Gasteiger partial charge in [-0.15, -0.1) is 0 Å². The molecule has 0 aliphatic carbocycles. The van der Waals surface area contributed by atoms with Gasteiger partial charge in [0.1, 0.15) is 0 Å². The van der Waals surface area contributed by atoms with E-state index < -0.39 is 11.5 Å². The van der Waals surface area contributed by atoms with Gasteiger partial charge in [-0.05, 0) is 31.5 Å². The molecule has 4 heteroatoms. The van der Waals surface area contributed by atoms with Crippen LogP contribution >= 0.6 is 0 Å². The number of nitrogens with one attached hydrogen (secondary N) is 1. The Labute approximate surface area is 130 Å². The van der Waals surface area contributed by atoms with Crippen molar-refractivity contribution in [2.24, 2.45) is 0 Å². The number of hydrogen-bond acceptors (Lipinski definition) is 3. The van der Waals surface area contributed by atoms with Gasteiger partial charge in [-0.3, -0.25) is 4.79 Å². The second-order valence-electron chi connectivity index (χ2n) is 5.03. The van der Waals surface area contributed by atoms with Crippen LogP contribution in [0.5, 0.6) is 0 Å². The number of ether oxygens (including phenoxy) is 1. The zero-order chi connectivity index (χ0) is 16.0. The standard InChI is InChI=1S/C18H19NO3/c1-3-22-17(21)18(2,15-12-8-5-9-13-15)19-16(20)14-10-6-4-7-11-14/h4-13H,3H2,1-2H3,(H,19,20)/t18-/m0/s1. The molecule has 2 rings (SSSR count). The number of hydrogen-bond donors (Lipinski definition) is 1. The molecular formula is C18H19NO3. The molecule has 0 spiro atoms. The third kappa shape index (κ3) is 3.34. The molecule has 1 N–H and O–H groups in total. The summed E-state index contributed by atoms with van der Waals surface area (Å²) in [4.78, 5) is 24.8. The van der Waals surface area contributed by atoms with Crippen LogP contribution in [0.1, 0.15) is 29.8 Å². The minimum atomic E-state index is -1.23. The van der Waals surface area contributed by atoms with Crippen molar-refractivity contribution in [3.05, 3.63) is 71.8 Å². The lowest BCUT2D eigenvalue weighted by atomic mass is 9.91. The third-order valence-corrected chi connectivity index (χ3v) is 3.43. The first-order valence-corrected chi connectivity index (χ1v) is 7.18. The SMILES string of the molecule is CCOC(=O)[C@@](C)(NC(=O)c1ccccc1)c1ccccc1. The highest BCUT2D eigenvalue weighted by atomic mass is 16.5. The average Bonchev–Trinajstić information content (AvgIpc) is 2.56. The van der Waals surface area contributed by atoms with Crippen molar-refractivity contribution >= 4 is 11.9 Å². The zero-order valence-electron chi connectivity index (χ0n) is 12.7. The molecule has 1 atom stereocenters. The second-order valence-corrected chi connectivity index (χ2v) is 5.03. The molecule has 0 heterocycles. The quantitative estimate of drug-likeness (QED) is 0.863. The highest BCUT2D eigenvalue weighted by Crippen LogP contribution is 2.23. The van der Waals surface area contributed by atoms with E-state index in [4.69, 9.17) is 4.74 Å². The second kappa shape index (κ2) is 6.89. The maximum atomic E-state index is 12.4. The summed E-state index contributed by atoms with van der Waals surface area (Å²) in [6.07, 6.45) is 0. The first-order valence-electron chi connectivity index (χ1n) is 7.18. The molecule has 2 aromatic carbocycles. The van der Waals surface area contributed by atoms with Crippen molar-refractivity contribution in [3.63, 3.8) is 0 Å². The van der Waals surface area contributed by atoms with E-state index in [2.05, 4.69) is 5.32 Å². The summed E-state index contributed by atoms with van der Waals surface area (Å²) in [7, 11) is 0. The van der Waals surface area contributed by atoms with Crippen molar-refractivity contribution in [2.75, 3.05) is 6.61 Å². The molecule has 0 bridgehead atoms. The lowest BCUT2D eigenvalue weighted by Crippen LogP contribution is -2.50. The Balaban J connectivity index is 2.33. The molecule has 1 amide bonds. The van der Waals surface area contributed by atoms with Crippen LogP contribution in [0.15, 0.2) is 60.7 Å². The van der Waals surface area contributed by atoms with Gasteiger partial charge in [0, 0.05) is 5.56 Å². The van der Waals surface area contributed by atoms with Gasteiger partial charge in [-0.25, -0.2) is 4.79 Å². The van der Waals surface area contributed by atoms with E-state index in [1.807, 2.05) is 24.3 Å². The van der Waals surface area contributed by atoms with Crippen LogP contribution in [0.4, 0.5) is 0 Å². The Morgan fingerprint density at radius 3 is 2.09 bits per heavy atom. The Kier molecular flexibility index (Phi) is 4.94. The largest absolute Gasteiger partial charge is 0.464 e. The molecule has 22 heavy (non-hydrogen) atoms. The predicted molar refractivity (Wildman–Crippen MR) is 84.3 cm³/mol. The normalized spacial score (nSPS) is 13.0. The summed E-state index contributed by atoms with van der Waals surface area (Å²) in [5, 5.41) is 2.80. The Morgan fingerprint density at radius 1 is 1.00 bits per heavy atom. The molecule has 0 aromatic heterocycles. The number of esters is 1. The van der Waals surface area contributed by atoms with Gasteiger partial charge < -0.3 is 10.1 Å². The number of benzene rings is 2. The summed E-state index contributed by atoms with van der Waals surface area (Å²) in [6.45, 7) is 3.64. The van der Waals surface area contributed by atoms with E-state index in [1.165, 1.54) is 0 Å². The molecule has 0 unspecified atom stereocenters. The van der Waals surface area contributed by atoms with E-state index in [1.54, 1.807) is 50.2 Å². The summed E-state index contributed by atoms with van der Waals surface area (Å²) in [6, 6.07) is 17.9. The molecule has 2 aromatic rings. The highest BCUT2D eigenvalue weighted by Gasteiger charge is 2.38. The molecule has 0 aliphatic heterocycles. The Bertz CT molecular complexity index is 640. The molecule has 114 valence electrons. The molecular weight excluding hydrogens is 278 g/mol. The fourth-order valence-corrected chi connectivity index (χ4v) is 2.18. The Morgan fingerprint density at radius 2 is 1.55 bits per heavy atom. The van der Waals surface area contributed by atoms with Crippen LogP contribution < -0.4 is 5.32 Å². The lowest BCUT2D eigenvalue weighted by molar-refractivity contribution is -0.150. The Hall–Kier alpha value is -2.62. The van der Waals surface area contributed by atoms with Crippen LogP contribution in [0.25, 0.3) is 0 Å². The zero-order valence-corrected chi connectivity index (χ0v) is 12.7. The molecule has 4 nitrogen and oxygen atoms in total. The molecule has 0 radical (unpaired) electrons. The smallest absolute Gasteiger partial charge is 0.336 e. The number of carbonyl (C=O) groups excluding carboxylic acids is 2. The van der Waals surface area contributed by atoms with Crippen molar-refractivity contribution < 1.29 is 14.3 Å². The molecule has 0 aliphatic rings. The maximum Gasteiger partial charge on any atom is 0.336 e. The lowest BCUT2D eigenvalue weighted by Gasteiger charge is -2.29. The van der Waals surface area contributed by atoms with E-state index >= 15 is 0 Å². The summed E-state index contributed by atoms with van der Waals surface area (Å²) >= 11 is 0.